The zero-order valence-corrected chi connectivity index (χ0v) is 16.1. The van der Waals surface area contributed by atoms with Gasteiger partial charge in [-0.25, -0.2) is 0 Å². The molecule has 1 aliphatic carbocycles. The van der Waals surface area contributed by atoms with E-state index >= 15 is 0 Å². The van der Waals surface area contributed by atoms with Crippen LogP contribution < -0.4 is 0 Å². The molecule has 4 rings (SSSR count). The standard InChI is InChI=1S/C22H33NO4/c24-13-18(16-26-15-17-6-2-1-3-7-17)21-12-20-9-5-11-22(23(20)27-21)10-4-8-19(22)14-25/h1-3,6-7,18-21,24-25H,4-5,8-16H2/t18?,19-,20+,21-,22+/m1/s1. The molecular formula is C22H33NO4. The third-order valence-corrected chi connectivity index (χ3v) is 7.02. The van der Waals surface area contributed by atoms with Gasteiger partial charge in [0, 0.05) is 24.5 Å². The molecule has 1 aromatic rings. The number of hydrogen-bond donors (Lipinski definition) is 2. The van der Waals surface area contributed by atoms with Crippen molar-refractivity contribution >= 4 is 0 Å². The number of piperidine rings is 1. The Kier molecular flexibility index (Phi) is 6.15. The van der Waals surface area contributed by atoms with Crippen LogP contribution in [-0.4, -0.2) is 52.8 Å². The summed E-state index contributed by atoms with van der Waals surface area (Å²) in [7, 11) is 0. The second-order valence-corrected chi connectivity index (χ2v) is 8.57. The van der Waals surface area contributed by atoms with Crippen molar-refractivity contribution in [3.8, 4) is 0 Å². The van der Waals surface area contributed by atoms with Crippen LogP contribution in [0.5, 0.6) is 0 Å². The van der Waals surface area contributed by atoms with Gasteiger partial charge in [0.2, 0.25) is 0 Å². The Balaban J connectivity index is 1.38. The van der Waals surface area contributed by atoms with Gasteiger partial charge in [-0.1, -0.05) is 36.8 Å². The Bertz CT molecular complexity index is 597. The second-order valence-electron chi connectivity index (χ2n) is 8.57. The fourth-order valence-corrected chi connectivity index (χ4v) is 5.56. The molecule has 0 bridgehead atoms. The van der Waals surface area contributed by atoms with E-state index in [1.807, 2.05) is 18.2 Å². The zero-order valence-electron chi connectivity index (χ0n) is 16.1. The average molecular weight is 376 g/mol. The molecule has 5 atom stereocenters. The van der Waals surface area contributed by atoms with Gasteiger partial charge in [-0.15, -0.1) is 0 Å². The van der Waals surface area contributed by atoms with Gasteiger partial charge in [0.25, 0.3) is 0 Å². The van der Waals surface area contributed by atoms with Crippen LogP contribution >= 0.6 is 0 Å². The maximum atomic E-state index is 9.95. The molecule has 1 aromatic carbocycles. The molecule has 3 fully saturated rings. The van der Waals surface area contributed by atoms with Gasteiger partial charge in [-0.3, -0.25) is 4.84 Å². The summed E-state index contributed by atoms with van der Waals surface area (Å²) in [5.41, 5.74) is 1.16. The molecule has 5 nitrogen and oxygen atoms in total. The van der Waals surface area contributed by atoms with Crippen LogP contribution in [0.3, 0.4) is 0 Å². The molecule has 2 saturated heterocycles. The van der Waals surface area contributed by atoms with Crippen LogP contribution in [0, 0.1) is 11.8 Å². The maximum Gasteiger partial charge on any atom is 0.0881 e. The minimum Gasteiger partial charge on any atom is -0.396 e. The number of hydroxylamine groups is 2. The molecule has 0 amide bonds. The SMILES string of the molecule is OCC(COCc1ccccc1)[C@H]1C[C@@H]2CCC[C@]3(CCC[C@@H]3CO)N2O1. The summed E-state index contributed by atoms with van der Waals surface area (Å²) >= 11 is 0. The smallest absolute Gasteiger partial charge is 0.0881 e. The van der Waals surface area contributed by atoms with Crippen LogP contribution in [0.15, 0.2) is 30.3 Å². The van der Waals surface area contributed by atoms with E-state index in [0.29, 0.717) is 25.2 Å². The van der Waals surface area contributed by atoms with E-state index in [0.717, 1.165) is 37.7 Å². The summed E-state index contributed by atoms with van der Waals surface area (Å²) in [6.07, 6.45) is 7.83. The minimum atomic E-state index is -0.00894. The highest BCUT2D eigenvalue weighted by atomic mass is 16.7. The number of nitrogens with zero attached hydrogens (tertiary/aromatic N) is 1. The van der Waals surface area contributed by atoms with Crippen molar-refractivity contribution in [1.29, 1.82) is 0 Å². The fraction of sp³-hybridized carbons (Fsp3) is 0.727. The number of ether oxygens (including phenoxy) is 1. The van der Waals surface area contributed by atoms with Crippen LogP contribution in [0.25, 0.3) is 0 Å². The van der Waals surface area contributed by atoms with E-state index in [1.165, 1.54) is 12.8 Å². The third kappa shape index (κ3) is 3.81. The van der Waals surface area contributed by atoms with Crippen molar-refractivity contribution < 1.29 is 19.8 Å². The quantitative estimate of drug-likeness (QED) is 0.767. The summed E-state index contributed by atoms with van der Waals surface area (Å²) in [6.45, 7) is 1.40. The minimum absolute atomic E-state index is 0.00527. The monoisotopic (exact) mass is 375 g/mol. The molecule has 1 spiro atoms. The summed E-state index contributed by atoms with van der Waals surface area (Å²) in [4.78, 5) is 6.47. The Labute approximate surface area is 162 Å². The fourth-order valence-electron chi connectivity index (χ4n) is 5.56. The average Bonchev–Trinajstić information content (AvgIpc) is 3.31. The molecule has 2 N–H and O–H groups in total. The first-order valence-corrected chi connectivity index (χ1v) is 10.6. The molecule has 5 heteroatoms. The first-order chi connectivity index (χ1) is 13.3. The molecule has 1 saturated carbocycles. The number of aliphatic hydroxyl groups excluding tert-OH is 2. The summed E-state index contributed by atoms with van der Waals surface area (Å²) in [5, 5.41) is 22.1. The van der Waals surface area contributed by atoms with Crippen LogP contribution in [-0.2, 0) is 16.2 Å². The Hall–Kier alpha value is -0.980. The first kappa shape index (κ1) is 19.3. The van der Waals surface area contributed by atoms with E-state index in [4.69, 9.17) is 9.57 Å². The lowest BCUT2D eigenvalue weighted by molar-refractivity contribution is -0.261. The number of hydrogen-bond acceptors (Lipinski definition) is 5. The molecule has 0 aromatic heterocycles. The topological polar surface area (TPSA) is 62.2 Å². The highest BCUT2D eigenvalue weighted by Gasteiger charge is 2.55. The van der Waals surface area contributed by atoms with Gasteiger partial charge < -0.3 is 14.9 Å². The molecule has 1 unspecified atom stereocenters. The van der Waals surface area contributed by atoms with E-state index in [1.54, 1.807) is 0 Å². The summed E-state index contributed by atoms with van der Waals surface area (Å²) in [5.74, 6) is 0.311. The van der Waals surface area contributed by atoms with Gasteiger partial charge in [0.05, 0.1) is 31.5 Å². The summed E-state index contributed by atoms with van der Waals surface area (Å²) < 4.78 is 5.90. The van der Waals surface area contributed by atoms with Gasteiger partial charge >= 0.3 is 0 Å². The van der Waals surface area contributed by atoms with Crippen molar-refractivity contribution in [3.63, 3.8) is 0 Å². The van der Waals surface area contributed by atoms with E-state index < -0.39 is 0 Å². The van der Waals surface area contributed by atoms with E-state index in [-0.39, 0.29) is 30.8 Å². The Morgan fingerprint density at radius 3 is 2.67 bits per heavy atom. The van der Waals surface area contributed by atoms with Crippen molar-refractivity contribution in [3.05, 3.63) is 35.9 Å². The van der Waals surface area contributed by atoms with Crippen LogP contribution in [0.1, 0.15) is 50.5 Å². The summed E-state index contributed by atoms with van der Waals surface area (Å²) in [6, 6.07) is 10.6. The van der Waals surface area contributed by atoms with Crippen LogP contribution in [0.4, 0.5) is 0 Å². The number of benzene rings is 1. The van der Waals surface area contributed by atoms with Gasteiger partial charge in [0.1, 0.15) is 0 Å². The van der Waals surface area contributed by atoms with Gasteiger partial charge in [-0.05, 0) is 44.1 Å². The predicted octanol–water partition coefficient (Wildman–Crippen LogP) is 2.90. The predicted molar refractivity (Wildman–Crippen MR) is 103 cm³/mol. The Morgan fingerprint density at radius 1 is 1.15 bits per heavy atom. The second kappa shape index (κ2) is 8.58. The van der Waals surface area contributed by atoms with Crippen molar-refractivity contribution in [2.24, 2.45) is 11.8 Å². The molecule has 150 valence electrons. The molecular weight excluding hydrogens is 342 g/mol. The largest absolute Gasteiger partial charge is 0.396 e. The first-order valence-electron chi connectivity index (χ1n) is 10.6. The number of aliphatic hydroxyl groups is 2. The molecule has 2 aliphatic heterocycles. The molecule has 2 heterocycles. The highest BCUT2D eigenvalue weighted by Crippen LogP contribution is 2.51. The lowest BCUT2D eigenvalue weighted by atomic mass is 9.77. The molecule has 0 radical (unpaired) electrons. The van der Waals surface area contributed by atoms with Crippen molar-refractivity contribution in [1.82, 2.24) is 5.06 Å². The lowest BCUT2D eigenvalue weighted by Crippen LogP contribution is -2.56. The van der Waals surface area contributed by atoms with Crippen molar-refractivity contribution in [2.45, 2.75) is 69.2 Å². The van der Waals surface area contributed by atoms with Gasteiger partial charge in [-0.2, -0.15) is 5.06 Å². The van der Waals surface area contributed by atoms with Crippen molar-refractivity contribution in [2.75, 3.05) is 19.8 Å². The zero-order chi connectivity index (χ0) is 18.7. The normalized spacial score (nSPS) is 34.8. The van der Waals surface area contributed by atoms with E-state index in [2.05, 4.69) is 17.2 Å². The van der Waals surface area contributed by atoms with Crippen LogP contribution in [0.2, 0.25) is 0 Å². The van der Waals surface area contributed by atoms with E-state index in [9.17, 15) is 10.2 Å². The number of fused-ring (bicyclic) bond motifs is 2. The third-order valence-electron chi connectivity index (χ3n) is 7.02. The molecule has 27 heavy (non-hydrogen) atoms. The lowest BCUT2D eigenvalue weighted by Gasteiger charge is -2.48. The maximum absolute atomic E-state index is 9.95. The molecule has 3 aliphatic rings. The van der Waals surface area contributed by atoms with Gasteiger partial charge in [0.15, 0.2) is 0 Å². The highest BCUT2D eigenvalue weighted by molar-refractivity contribution is 5.13. The Morgan fingerprint density at radius 2 is 1.93 bits per heavy atom. The number of rotatable bonds is 7.